The molecule has 0 unspecified atom stereocenters. The van der Waals surface area contributed by atoms with Crippen LogP contribution >= 0.6 is 11.3 Å². The molecule has 0 aliphatic carbocycles. The van der Waals surface area contributed by atoms with Gasteiger partial charge >= 0.3 is 0 Å². The number of hydrogen-bond donors (Lipinski definition) is 0. The maximum absolute atomic E-state index is 7.11. The van der Waals surface area contributed by atoms with E-state index in [-0.39, 0.29) is 0 Å². The molecule has 1 aliphatic rings. The maximum atomic E-state index is 7.11. The zero-order chi connectivity index (χ0) is 43.0. The van der Waals surface area contributed by atoms with Gasteiger partial charge in [-0.15, -0.1) is 11.3 Å². The van der Waals surface area contributed by atoms with Crippen LogP contribution in [0.25, 0.3) is 113 Å². The van der Waals surface area contributed by atoms with E-state index in [9.17, 15) is 0 Å². The third-order valence-electron chi connectivity index (χ3n) is 13.9. The number of hydrogen-bond acceptors (Lipinski definition) is 4. The van der Waals surface area contributed by atoms with Crippen molar-refractivity contribution < 1.29 is 4.74 Å². The van der Waals surface area contributed by atoms with E-state index in [1.165, 1.54) is 74.6 Å². The van der Waals surface area contributed by atoms with Crippen LogP contribution in [0, 0.1) is 0 Å². The molecule has 11 aromatic carbocycles. The van der Waals surface area contributed by atoms with Gasteiger partial charge in [0.1, 0.15) is 5.65 Å². The van der Waals surface area contributed by atoms with Gasteiger partial charge in [-0.3, -0.25) is 4.40 Å². The van der Waals surface area contributed by atoms with Crippen LogP contribution in [-0.2, 0) is 0 Å². The number of ether oxygens (including phenoxy) is 1. The average molecular weight is 858 g/mol. The van der Waals surface area contributed by atoms with Crippen molar-refractivity contribution in [1.29, 1.82) is 0 Å². The molecule has 306 valence electrons. The Kier molecular flexibility index (Phi) is 7.34. The lowest BCUT2D eigenvalue weighted by Crippen LogP contribution is -2.16. The van der Waals surface area contributed by atoms with Gasteiger partial charge in [0.2, 0.25) is 0 Å². The van der Waals surface area contributed by atoms with Crippen molar-refractivity contribution in [1.82, 2.24) is 9.38 Å². The largest absolute Gasteiger partial charge is 0.453 e. The minimum atomic E-state index is 0.825. The number of benzene rings is 11. The van der Waals surface area contributed by atoms with Gasteiger partial charge in [0.25, 0.3) is 0 Å². The van der Waals surface area contributed by atoms with Gasteiger partial charge in [0, 0.05) is 36.6 Å². The molecule has 0 fully saturated rings. The lowest BCUT2D eigenvalue weighted by atomic mass is 9.88. The summed E-state index contributed by atoms with van der Waals surface area (Å²) in [6.07, 6.45) is 0. The Balaban J connectivity index is 0.939. The molecule has 0 spiro atoms. The van der Waals surface area contributed by atoms with E-state index >= 15 is 0 Å². The molecule has 15 rings (SSSR count). The van der Waals surface area contributed by atoms with Crippen LogP contribution in [-0.4, -0.2) is 9.38 Å². The van der Waals surface area contributed by atoms with E-state index in [1.54, 1.807) is 0 Å². The van der Waals surface area contributed by atoms with E-state index in [2.05, 4.69) is 222 Å². The van der Waals surface area contributed by atoms with Gasteiger partial charge < -0.3 is 9.64 Å². The quantitative estimate of drug-likeness (QED) is 0.166. The first-order valence-electron chi connectivity index (χ1n) is 22.4. The molecule has 0 N–H and O–H groups in total. The van der Waals surface area contributed by atoms with Crippen LogP contribution in [0.15, 0.2) is 212 Å². The molecule has 4 nitrogen and oxygen atoms in total. The molecular formula is C61H35N3OS. The van der Waals surface area contributed by atoms with Crippen molar-refractivity contribution in [3.05, 3.63) is 212 Å². The molecule has 0 saturated carbocycles. The van der Waals surface area contributed by atoms with Crippen LogP contribution in [0.5, 0.6) is 11.5 Å². The van der Waals surface area contributed by atoms with Crippen molar-refractivity contribution in [3.63, 3.8) is 0 Å². The van der Waals surface area contributed by atoms with E-state index < -0.39 is 0 Å². The van der Waals surface area contributed by atoms with E-state index in [0.717, 1.165) is 67.1 Å². The number of aromatic nitrogens is 2. The molecule has 5 heteroatoms. The average Bonchev–Trinajstić information content (AvgIpc) is 3.96. The molecule has 0 bridgehead atoms. The van der Waals surface area contributed by atoms with Crippen LogP contribution < -0.4 is 9.64 Å². The second kappa shape index (κ2) is 13.5. The van der Waals surface area contributed by atoms with Crippen LogP contribution in [0.2, 0.25) is 0 Å². The molecule has 66 heavy (non-hydrogen) atoms. The minimum Gasteiger partial charge on any atom is -0.453 e. The zero-order valence-electron chi connectivity index (χ0n) is 35.4. The Morgan fingerprint density at radius 1 is 0.379 bits per heavy atom. The number of anilines is 3. The normalized spacial score (nSPS) is 12.6. The van der Waals surface area contributed by atoms with Crippen molar-refractivity contribution in [2.75, 3.05) is 4.90 Å². The Labute approximate surface area is 382 Å². The topological polar surface area (TPSA) is 29.8 Å². The summed E-state index contributed by atoms with van der Waals surface area (Å²) < 4.78 is 12.0. The van der Waals surface area contributed by atoms with E-state index in [0.29, 0.717) is 0 Å². The minimum absolute atomic E-state index is 0.825. The fraction of sp³-hybridized carbons (Fsp3) is 0. The number of nitrogens with zero attached hydrogens (tertiary/aromatic N) is 3. The van der Waals surface area contributed by atoms with Gasteiger partial charge in [-0.25, -0.2) is 4.98 Å². The summed E-state index contributed by atoms with van der Waals surface area (Å²) in [6, 6.07) is 77.3. The molecule has 0 saturated heterocycles. The molecule has 3 aromatic heterocycles. The van der Waals surface area contributed by atoms with Crippen molar-refractivity contribution in [3.8, 4) is 33.8 Å². The summed E-state index contributed by atoms with van der Waals surface area (Å²) >= 11 is 1.85. The number of fused-ring (bicyclic) bond motifs is 19. The molecule has 0 radical (unpaired) electrons. The highest BCUT2D eigenvalue weighted by Gasteiger charge is 2.28. The smallest absolute Gasteiger partial charge is 0.152 e. The Morgan fingerprint density at radius 2 is 1.02 bits per heavy atom. The number of para-hydroxylation sites is 4. The fourth-order valence-corrected chi connectivity index (χ4v) is 12.1. The number of thiophene rings is 1. The van der Waals surface area contributed by atoms with Gasteiger partial charge in [-0.05, 0) is 139 Å². The fourth-order valence-electron chi connectivity index (χ4n) is 11.0. The van der Waals surface area contributed by atoms with E-state index in [1.807, 2.05) is 11.3 Å². The summed E-state index contributed by atoms with van der Waals surface area (Å²) in [5.41, 5.74) is 12.0. The molecule has 14 aromatic rings. The predicted octanol–water partition coefficient (Wildman–Crippen LogP) is 17.5. The Bertz CT molecular complexity index is 4390. The third kappa shape index (κ3) is 5.06. The van der Waals surface area contributed by atoms with Gasteiger partial charge in [0.15, 0.2) is 11.5 Å². The third-order valence-corrected chi connectivity index (χ3v) is 15.0. The lowest BCUT2D eigenvalue weighted by molar-refractivity contribution is 0.478. The number of rotatable bonds is 3. The standard InChI is InChI=1S/C61H35N3OS/c1-2-13-39(14-3-1)63-54-30-27-36(37-25-28-44-43-17-7-11-24-58(43)66-59(44)33-37)32-56(54)65-57-35-50-46-20-12-19-40(60(46)45-18-5-4-15-41(45)49(50)34-55(57)63)38-26-29-47-48(31-38)42-16-6-9-22-52(42)64-53-23-10-8-21-51(53)62-61(47)64/h1-35H. The molecular weight excluding hydrogens is 823 g/mol. The van der Waals surface area contributed by atoms with Gasteiger partial charge in [0.05, 0.1) is 27.9 Å². The number of pyridine rings is 1. The van der Waals surface area contributed by atoms with Crippen molar-refractivity contribution in [2.24, 2.45) is 0 Å². The van der Waals surface area contributed by atoms with Gasteiger partial charge in [-0.2, -0.15) is 0 Å². The summed E-state index contributed by atoms with van der Waals surface area (Å²) in [4.78, 5) is 7.54. The van der Waals surface area contributed by atoms with E-state index in [4.69, 9.17) is 9.72 Å². The highest BCUT2D eigenvalue weighted by Crippen LogP contribution is 2.54. The van der Waals surface area contributed by atoms with Crippen molar-refractivity contribution >= 4 is 119 Å². The first kappa shape index (κ1) is 35.9. The Morgan fingerprint density at radius 3 is 1.92 bits per heavy atom. The first-order valence-corrected chi connectivity index (χ1v) is 23.3. The molecule has 0 amide bonds. The van der Waals surface area contributed by atoms with Crippen molar-refractivity contribution in [2.45, 2.75) is 0 Å². The Hall–Kier alpha value is -8.51. The SMILES string of the molecule is c1ccc(N2c3ccc(-c4ccc5c(c4)sc4ccccc45)cc3Oc3cc4c(cc32)c2ccccc2c2c(-c3ccc5c(c3)c3ccccc3n3c6ccccc6nc53)cccc42)cc1. The first-order chi connectivity index (χ1) is 32.7. The zero-order valence-corrected chi connectivity index (χ0v) is 36.2. The second-order valence-corrected chi connectivity index (χ2v) is 18.5. The lowest BCUT2D eigenvalue weighted by Gasteiger charge is -2.33. The van der Waals surface area contributed by atoms with Gasteiger partial charge in [-0.1, -0.05) is 133 Å². The highest BCUT2D eigenvalue weighted by atomic mass is 32.1. The molecule has 0 atom stereocenters. The monoisotopic (exact) mass is 857 g/mol. The van der Waals surface area contributed by atoms with Crippen LogP contribution in [0.3, 0.4) is 0 Å². The summed E-state index contributed by atoms with van der Waals surface area (Å²) in [6.45, 7) is 0. The van der Waals surface area contributed by atoms with Crippen LogP contribution in [0.1, 0.15) is 0 Å². The molecule has 4 heterocycles. The summed E-state index contributed by atoms with van der Waals surface area (Å²) in [5.74, 6) is 1.65. The number of imidazole rings is 1. The second-order valence-electron chi connectivity index (χ2n) is 17.4. The summed E-state index contributed by atoms with van der Waals surface area (Å²) in [5, 5.41) is 13.3. The molecule has 1 aliphatic heterocycles. The van der Waals surface area contributed by atoms with Crippen LogP contribution in [0.4, 0.5) is 17.1 Å². The maximum Gasteiger partial charge on any atom is 0.152 e. The highest BCUT2D eigenvalue weighted by molar-refractivity contribution is 7.25. The summed E-state index contributed by atoms with van der Waals surface area (Å²) in [7, 11) is 0. The predicted molar refractivity (Wildman–Crippen MR) is 279 cm³/mol.